The molecule has 1 aromatic carbocycles. The van der Waals surface area contributed by atoms with Crippen LogP contribution < -0.4 is 15.8 Å². The number of furan rings is 1. The van der Waals surface area contributed by atoms with Crippen molar-refractivity contribution in [3.63, 3.8) is 0 Å². The van der Waals surface area contributed by atoms with E-state index in [2.05, 4.69) is 5.32 Å². The summed E-state index contributed by atoms with van der Waals surface area (Å²) in [6.45, 7) is 0. The number of nitrogens with one attached hydrogen (secondary N) is 1. The number of halogens is 1. The minimum Gasteiger partial charge on any atom is -0.495 e. The zero-order chi connectivity index (χ0) is 15.4. The Bertz CT molecular complexity index is 692. The average molecular weight is 307 g/mol. The molecule has 0 fully saturated rings. The van der Waals surface area contributed by atoms with Crippen LogP contribution in [-0.4, -0.2) is 20.1 Å². The van der Waals surface area contributed by atoms with E-state index in [1.54, 1.807) is 31.4 Å². The van der Waals surface area contributed by atoms with Crippen LogP contribution >= 0.6 is 11.6 Å². The summed E-state index contributed by atoms with van der Waals surface area (Å²) >= 11 is 6.08. The molecule has 0 unspecified atom stereocenters. The number of amides is 1. The molecule has 0 aliphatic rings. The molecule has 0 saturated heterocycles. The fourth-order valence-electron chi connectivity index (χ4n) is 1.77. The van der Waals surface area contributed by atoms with Crippen molar-refractivity contribution in [2.24, 2.45) is 5.73 Å². The first-order chi connectivity index (χ1) is 10.0. The van der Waals surface area contributed by atoms with Crippen LogP contribution in [0.5, 0.6) is 5.75 Å². The molecule has 0 bridgehead atoms. The van der Waals surface area contributed by atoms with Crippen molar-refractivity contribution >= 4 is 23.6 Å². The van der Waals surface area contributed by atoms with Crippen molar-refractivity contribution in [2.75, 3.05) is 14.2 Å². The van der Waals surface area contributed by atoms with E-state index >= 15 is 0 Å². The van der Waals surface area contributed by atoms with Crippen LogP contribution in [0.1, 0.15) is 5.76 Å². The third-order valence-electron chi connectivity index (χ3n) is 2.85. The summed E-state index contributed by atoms with van der Waals surface area (Å²) in [5.41, 5.74) is 6.50. The van der Waals surface area contributed by atoms with E-state index in [0.29, 0.717) is 22.3 Å². The summed E-state index contributed by atoms with van der Waals surface area (Å²) in [5, 5.41) is 2.93. The fraction of sp³-hybridized carbons (Fsp3) is 0.133. The second-order valence-electron chi connectivity index (χ2n) is 4.23. The third-order valence-corrected chi connectivity index (χ3v) is 3.15. The Morgan fingerprint density at radius 2 is 2.14 bits per heavy atom. The van der Waals surface area contributed by atoms with Crippen LogP contribution in [0.3, 0.4) is 0 Å². The molecule has 1 aromatic heterocycles. The first kappa shape index (κ1) is 15.0. The molecule has 2 aromatic rings. The van der Waals surface area contributed by atoms with Gasteiger partial charge in [0.15, 0.2) is 0 Å². The van der Waals surface area contributed by atoms with Gasteiger partial charge in [0.25, 0.3) is 5.91 Å². The number of rotatable bonds is 4. The van der Waals surface area contributed by atoms with E-state index in [1.165, 1.54) is 13.1 Å². The van der Waals surface area contributed by atoms with E-state index < -0.39 is 0 Å². The molecule has 6 heteroatoms. The number of methoxy groups -OCH3 is 1. The fourth-order valence-corrected chi connectivity index (χ4v) is 2.03. The van der Waals surface area contributed by atoms with Gasteiger partial charge in [-0.05, 0) is 30.3 Å². The lowest BCUT2D eigenvalue weighted by atomic mass is 10.2. The van der Waals surface area contributed by atoms with Gasteiger partial charge in [-0.15, -0.1) is 0 Å². The van der Waals surface area contributed by atoms with Gasteiger partial charge in [0.05, 0.1) is 12.1 Å². The summed E-state index contributed by atoms with van der Waals surface area (Å²) in [7, 11) is 3.06. The highest BCUT2D eigenvalue weighted by molar-refractivity contribution is 6.32. The molecule has 1 heterocycles. The Kier molecular flexibility index (Phi) is 4.55. The van der Waals surface area contributed by atoms with Crippen molar-refractivity contribution in [1.29, 1.82) is 0 Å². The molecule has 5 nitrogen and oxygen atoms in total. The van der Waals surface area contributed by atoms with E-state index in [9.17, 15) is 4.79 Å². The number of hydrogen-bond donors (Lipinski definition) is 2. The topological polar surface area (TPSA) is 77.5 Å². The van der Waals surface area contributed by atoms with Gasteiger partial charge < -0.3 is 20.2 Å². The summed E-state index contributed by atoms with van der Waals surface area (Å²) in [6, 6.07) is 8.84. The maximum Gasteiger partial charge on any atom is 0.267 e. The van der Waals surface area contributed by atoms with Crippen molar-refractivity contribution in [1.82, 2.24) is 5.32 Å². The Morgan fingerprint density at radius 1 is 1.38 bits per heavy atom. The van der Waals surface area contributed by atoms with Gasteiger partial charge in [-0.3, -0.25) is 4.79 Å². The Labute approximate surface area is 127 Å². The number of carbonyl (C=O) groups excluding carboxylic acids is 1. The van der Waals surface area contributed by atoms with E-state index in [1.807, 2.05) is 6.07 Å². The summed E-state index contributed by atoms with van der Waals surface area (Å²) in [5.74, 6) is 1.34. The number of ether oxygens (including phenoxy) is 1. The Morgan fingerprint density at radius 3 is 2.76 bits per heavy atom. The first-order valence-electron chi connectivity index (χ1n) is 6.18. The lowest BCUT2D eigenvalue weighted by Gasteiger charge is -2.04. The third kappa shape index (κ3) is 3.38. The summed E-state index contributed by atoms with van der Waals surface area (Å²) in [6.07, 6.45) is 1.47. The number of carbonyl (C=O) groups is 1. The van der Waals surface area contributed by atoms with Crippen LogP contribution in [0, 0.1) is 0 Å². The van der Waals surface area contributed by atoms with Gasteiger partial charge in [0.2, 0.25) is 0 Å². The van der Waals surface area contributed by atoms with E-state index in [4.69, 9.17) is 26.5 Å². The van der Waals surface area contributed by atoms with E-state index in [0.717, 1.165) is 5.56 Å². The lowest BCUT2D eigenvalue weighted by Crippen LogP contribution is -2.24. The number of nitrogens with two attached hydrogens (primary N) is 1. The van der Waals surface area contributed by atoms with Crippen molar-refractivity contribution in [3.05, 3.63) is 46.8 Å². The molecule has 2 rings (SSSR count). The molecular formula is C15H15ClN2O3. The molecule has 0 atom stereocenters. The van der Waals surface area contributed by atoms with Crippen LogP contribution in [0.4, 0.5) is 0 Å². The second kappa shape index (κ2) is 6.37. The van der Waals surface area contributed by atoms with Crippen molar-refractivity contribution < 1.29 is 13.9 Å². The molecule has 0 aliphatic carbocycles. The quantitative estimate of drug-likeness (QED) is 0.851. The van der Waals surface area contributed by atoms with Crippen LogP contribution in [0.15, 0.2) is 40.4 Å². The minimum absolute atomic E-state index is 0.0752. The highest BCUT2D eigenvalue weighted by Crippen LogP contribution is 2.31. The van der Waals surface area contributed by atoms with Crippen LogP contribution in [0.2, 0.25) is 5.02 Å². The summed E-state index contributed by atoms with van der Waals surface area (Å²) < 4.78 is 10.7. The molecule has 0 aliphatic heterocycles. The smallest absolute Gasteiger partial charge is 0.267 e. The molecule has 0 spiro atoms. The molecule has 0 saturated carbocycles. The zero-order valence-corrected chi connectivity index (χ0v) is 12.4. The lowest BCUT2D eigenvalue weighted by molar-refractivity contribution is -0.117. The standard InChI is InChI=1S/C15H15ClN2O3/c1-18-15(19)12(17)8-10-4-6-13(21-10)9-3-5-14(20-2)11(16)7-9/h3-8H,17H2,1-2H3,(H,18,19)/b12-8+. The average Bonchev–Trinajstić information content (AvgIpc) is 2.94. The SMILES string of the molecule is CNC(=O)/C(N)=C\c1ccc(-c2ccc(OC)c(Cl)c2)o1. The molecule has 110 valence electrons. The Balaban J connectivity index is 2.28. The van der Waals surface area contributed by atoms with E-state index in [-0.39, 0.29) is 11.6 Å². The Hall–Kier alpha value is -2.40. The molecular weight excluding hydrogens is 292 g/mol. The van der Waals surface area contributed by atoms with Gasteiger partial charge in [-0.2, -0.15) is 0 Å². The van der Waals surface area contributed by atoms with Gasteiger partial charge in [-0.25, -0.2) is 0 Å². The van der Waals surface area contributed by atoms with Crippen molar-refractivity contribution in [2.45, 2.75) is 0 Å². The second-order valence-corrected chi connectivity index (χ2v) is 4.64. The molecule has 3 N–H and O–H groups in total. The number of hydrogen-bond acceptors (Lipinski definition) is 4. The predicted octanol–water partition coefficient (Wildman–Crippen LogP) is 2.65. The van der Waals surface area contributed by atoms with Crippen LogP contribution in [0.25, 0.3) is 17.4 Å². The predicted molar refractivity (Wildman–Crippen MR) is 81.9 cm³/mol. The molecule has 1 amide bonds. The van der Waals surface area contributed by atoms with Crippen LogP contribution in [-0.2, 0) is 4.79 Å². The van der Waals surface area contributed by atoms with Gasteiger partial charge in [0.1, 0.15) is 23.0 Å². The minimum atomic E-state index is -0.361. The highest BCUT2D eigenvalue weighted by Gasteiger charge is 2.09. The normalized spacial score (nSPS) is 11.3. The highest BCUT2D eigenvalue weighted by atomic mass is 35.5. The van der Waals surface area contributed by atoms with Crippen molar-refractivity contribution in [3.8, 4) is 17.1 Å². The monoisotopic (exact) mass is 306 g/mol. The maximum atomic E-state index is 11.3. The number of likely N-dealkylation sites (N-methyl/N-ethyl adjacent to an activating group) is 1. The van der Waals surface area contributed by atoms with Gasteiger partial charge >= 0.3 is 0 Å². The maximum absolute atomic E-state index is 11.3. The van der Waals surface area contributed by atoms with Gasteiger partial charge in [-0.1, -0.05) is 11.6 Å². The molecule has 21 heavy (non-hydrogen) atoms. The largest absolute Gasteiger partial charge is 0.495 e. The summed E-state index contributed by atoms with van der Waals surface area (Å²) in [4.78, 5) is 11.3. The van der Waals surface area contributed by atoms with Gasteiger partial charge in [0, 0.05) is 18.7 Å². The molecule has 0 radical (unpaired) electrons. The zero-order valence-electron chi connectivity index (χ0n) is 11.6. The first-order valence-corrected chi connectivity index (χ1v) is 6.56. The number of benzene rings is 1.